The van der Waals surface area contributed by atoms with Gasteiger partial charge in [-0.05, 0) is 86.4 Å². The van der Waals surface area contributed by atoms with Crippen LogP contribution in [0.25, 0.3) is 0 Å². The van der Waals surface area contributed by atoms with Crippen molar-refractivity contribution >= 4 is 45.7 Å². The van der Waals surface area contributed by atoms with Crippen molar-refractivity contribution in [2.45, 2.75) is 111 Å². The van der Waals surface area contributed by atoms with E-state index in [1.165, 1.54) is 24.3 Å². The average molecular weight is 691 g/mol. The molecule has 262 valence electrons. The van der Waals surface area contributed by atoms with Crippen LogP contribution in [-0.2, 0) is 40.4 Å². The molecule has 1 aromatic rings. The van der Waals surface area contributed by atoms with Gasteiger partial charge >= 0.3 is 18.0 Å². The van der Waals surface area contributed by atoms with Crippen LogP contribution in [0.2, 0.25) is 0 Å². The Labute approximate surface area is 276 Å². The first kappa shape index (κ1) is 41.1. The molecule has 13 nitrogen and oxygen atoms in total. The Kier molecular flexibility index (Phi) is 15.5. The number of benzene rings is 1. The van der Waals surface area contributed by atoms with Gasteiger partial charge in [0.1, 0.15) is 22.8 Å². The number of amides is 2. The number of rotatable bonds is 15. The second-order valence-corrected chi connectivity index (χ2v) is 16.8. The maximum atomic E-state index is 13.2. The fourth-order valence-corrected chi connectivity index (χ4v) is 6.27. The summed E-state index contributed by atoms with van der Waals surface area (Å²) in [5.74, 6) is -2.13. The van der Waals surface area contributed by atoms with Gasteiger partial charge in [0.2, 0.25) is 10.0 Å². The van der Waals surface area contributed by atoms with Crippen LogP contribution in [0.4, 0.5) is 4.79 Å². The van der Waals surface area contributed by atoms with E-state index >= 15 is 0 Å². The van der Waals surface area contributed by atoms with E-state index in [2.05, 4.69) is 5.32 Å². The van der Waals surface area contributed by atoms with Gasteiger partial charge in [0.15, 0.2) is 0 Å². The van der Waals surface area contributed by atoms with Gasteiger partial charge in [-0.25, -0.2) is 18.0 Å². The van der Waals surface area contributed by atoms with Crippen molar-refractivity contribution < 1.29 is 52.0 Å². The fraction of sp³-hybridized carbons (Fsp3) is 0.677. The lowest BCUT2D eigenvalue weighted by atomic mass is 10.1. The molecule has 3 N–H and O–H groups in total. The zero-order valence-corrected chi connectivity index (χ0v) is 29.9. The van der Waals surface area contributed by atoms with E-state index < -0.39 is 75.3 Å². The molecule has 0 aromatic heterocycles. The van der Waals surface area contributed by atoms with Crippen molar-refractivity contribution in [3.8, 4) is 0 Å². The lowest BCUT2D eigenvalue weighted by molar-refractivity contribution is -0.158. The molecule has 2 amide bonds. The van der Waals surface area contributed by atoms with Crippen LogP contribution in [0.5, 0.6) is 0 Å². The monoisotopic (exact) mass is 690 g/mol. The summed E-state index contributed by atoms with van der Waals surface area (Å²) in [7, 11) is -4.16. The number of hydrogen-bond donors (Lipinski definition) is 3. The minimum Gasteiger partial charge on any atom is -0.460 e. The highest BCUT2D eigenvalue weighted by molar-refractivity contribution is 8.00. The summed E-state index contributed by atoms with van der Waals surface area (Å²) < 4.78 is 43.1. The molecule has 0 radical (unpaired) electrons. The van der Waals surface area contributed by atoms with Gasteiger partial charge in [0.05, 0.1) is 25.0 Å². The highest BCUT2D eigenvalue weighted by Crippen LogP contribution is 2.19. The molecule has 1 aromatic carbocycles. The Bertz CT molecular complexity index is 1280. The number of esters is 2. The molecule has 0 bridgehead atoms. The molecular weight excluding hydrogens is 640 g/mol. The number of thioether (sulfide) groups is 1. The van der Waals surface area contributed by atoms with E-state index in [-0.39, 0.29) is 36.5 Å². The molecule has 0 unspecified atom stereocenters. The number of nitrogens with zero attached hydrogens (tertiary/aromatic N) is 1. The van der Waals surface area contributed by atoms with E-state index in [9.17, 15) is 32.7 Å². The van der Waals surface area contributed by atoms with Crippen molar-refractivity contribution in [2.75, 3.05) is 23.9 Å². The highest BCUT2D eigenvalue weighted by atomic mass is 32.2. The van der Waals surface area contributed by atoms with E-state index in [0.717, 1.165) is 11.8 Å². The highest BCUT2D eigenvalue weighted by Gasteiger charge is 2.32. The first-order valence-electron chi connectivity index (χ1n) is 14.9. The summed E-state index contributed by atoms with van der Waals surface area (Å²) >= 11 is 1.11. The normalized spacial score (nSPS) is 13.7. The number of aliphatic hydroxyl groups is 2. The second kappa shape index (κ2) is 17.3. The lowest BCUT2D eigenvalue weighted by Crippen LogP contribution is -2.44. The van der Waals surface area contributed by atoms with Gasteiger partial charge in [0, 0.05) is 23.5 Å². The lowest BCUT2D eigenvalue weighted by Gasteiger charge is -2.27. The Morgan fingerprint density at radius 1 is 0.891 bits per heavy atom. The number of sulfonamides is 1. The summed E-state index contributed by atoms with van der Waals surface area (Å²) in [6.45, 7) is 14.2. The summed E-state index contributed by atoms with van der Waals surface area (Å²) in [5.41, 5.74) is -2.01. The van der Waals surface area contributed by atoms with Crippen molar-refractivity contribution in [2.24, 2.45) is 0 Å². The molecule has 0 heterocycles. The van der Waals surface area contributed by atoms with Gasteiger partial charge in [-0.1, -0.05) is 12.1 Å². The standard InChI is InChI=1S/C31H50N2O11S2/c1-29(2,3)42-25(36)15-14-24(27(38)43-30(4,5)6)32-26(37)22-12-10-21(11-13-22)18-33(28(39)44-31(7,8)9)46(40,41)17-16-45-20-23(35)19-34/h10-13,23-24,34-35H,14-20H2,1-9H3,(H,32,37)/t23-,24+/m1/s1. The van der Waals surface area contributed by atoms with E-state index in [1.54, 1.807) is 62.3 Å². The SMILES string of the molecule is CC(C)(C)OC(=O)CC[C@H](NC(=O)c1ccc(CN(C(=O)OC(C)(C)C)S(=O)(=O)CCSC[C@H](O)CO)cc1)C(=O)OC(C)(C)C. The third-order valence-electron chi connectivity index (χ3n) is 5.54. The van der Waals surface area contributed by atoms with Crippen LogP contribution in [0.15, 0.2) is 24.3 Å². The molecule has 0 fully saturated rings. The molecule has 0 aliphatic rings. The number of ether oxygens (including phenoxy) is 3. The molecule has 0 aliphatic carbocycles. The molecule has 0 saturated carbocycles. The van der Waals surface area contributed by atoms with Crippen LogP contribution in [-0.4, -0.2) is 99.7 Å². The van der Waals surface area contributed by atoms with Gasteiger partial charge in [0.25, 0.3) is 5.91 Å². The number of aliphatic hydroxyl groups excluding tert-OH is 2. The Morgan fingerprint density at radius 3 is 1.93 bits per heavy atom. The van der Waals surface area contributed by atoms with Crippen molar-refractivity contribution in [3.63, 3.8) is 0 Å². The first-order chi connectivity index (χ1) is 20.9. The Balaban J connectivity index is 3.12. The number of carbonyl (C=O) groups excluding carboxylic acids is 4. The number of hydrogen-bond acceptors (Lipinski definition) is 12. The summed E-state index contributed by atoms with van der Waals surface area (Å²) in [6.07, 6.45) is -2.27. The third kappa shape index (κ3) is 16.6. The third-order valence-corrected chi connectivity index (χ3v) is 8.58. The van der Waals surface area contributed by atoms with Gasteiger partial charge in [-0.3, -0.25) is 9.59 Å². The van der Waals surface area contributed by atoms with E-state index in [1.807, 2.05) is 0 Å². The molecule has 2 atom stereocenters. The maximum Gasteiger partial charge on any atom is 0.424 e. The predicted molar refractivity (Wildman–Crippen MR) is 175 cm³/mol. The molecule has 0 aliphatic heterocycles. The van der Waals surface area contributed by atoms with Gasteiger partial charge < -0.3 is 29.7 Å². The van der Waals surface area contributed by atoms with Crippen molar-refractivity contribution in [1.29, 1.82) is 0 Å². The molecule has 15 heteroatoms. The molecular formula is C31H50N2O11S2. The predicted octanol–water partition coefficient (Wildman–Crippen LogP) is 3.40. The molecule has 0 saturated heterocycles. The van der Waals surface area contributed by atoms with Crippen molar-refractivity contribution in [3.05, 3.63) is 35.4 Å². The second-order valence-electron chi connectivity index (χ2n) is 13.6. The van der Waals surface area contributed by atoms with Crippen LogP contribution in [0, 0.1) is 0 Å². The molecule has 0 spiro atoms. The van der Waals surface area contributed by atoms with Gasteiger partial charge in [-0.15, -0.1) is 0 Å². The van der Waals surface area contributed by atoms with Gasteiger partial charge in [-0.2, -0.15) is 16.1 Å². The van der Waals surface area contributed by atoms with E-state index in [0.29, 0.717) is 9.87 Å². The summed E-state index contributed by atoms with van der Waals surface area (Å²) in [4.78, 5) is 51.2. The van der Waals surface area contributed by atoms with Crippen LogP contribution < -0.4 is 5.32 Å². The minimum absolute atomic E-state index is 0.0601. The Hall–Kier alpha value is -2.88. The zero-order chi connectivity index (χ0) is 35.5. The van der Waals surface area contributed by atoms with Crippen LogP contribution >= 0.6 is 11.8 Å². The quantitative estimate of drug-likeness (QED) is 0.139. The number of nitrogens with one attached hydrogen (secondary N) is 1. The first-order valence-corrected chi connectivity index (χ1v) is 17.6. The van der Waals surface area contributed by atoms with Crippen molar-refractivity contribution in [1.82, 2.24) is 9.62 Å². The largest absolute Gasteiger partial charge is 0.460 e. The summed E-state index contributed by atoms with van der Waals surface area (Å²) in [5, 5.41) is 21.1. The smallest absolute Gasteiger partial charge is 0.424 e. The zero-order valence-electron chi connectivity index (χ0n) is 28.2. The van der Waals surface area contributed by atoms with Crippen LogP contribution in [0.3, 0.4) is 0 Å². The fourth-order valence-electron chi connectivity index (χ4n) is 3.58. The van der Waals surface area contributed by atoms with Crippen LogP contribution in [0.1, 0.15) is 91.1 Å². The minimum atomic E-state index is -4.16. The summed E-state index contributed by atoms with van der Waals surface area (Å²) in [6, 6.07) is 4.62. The number of carbonyl (C=O) groups is 4. The van der Waals surface area contributed by atoms with E-state index in [4.69, 9.17) is 19.3 Å². The average Bonchev–Trinajstić information content (AvgIpc) is 2.88. The molecule has 1 rings (SSSR count). The maximum absolute atomic E-state index is 13.2. The molecule has 46 heavy (non-hydrogen) atoms. The Morgan fingerprint density at radius 2 is 1.43 bits per heavy atom. The topological polar surface area (TPSA) is 186 Å².